The van der Waals surface area contributed by atoms with Crippen LogP contribution in [0.5, 0.6) is 0 Å². The van der Waals surface area contributed by atoms with Crippen LogP contribution in [-0.2, 0) is 0 Å². The van der Waals surface area contributed by atoms with Gasteiger partial charge in [-0.05, 0) is 41.1 Å². The van der Waals surface area contributed by atoms with E-state index >= 15 is 0 Å². The molecule has 0 fully saturated rings. The molecule has 7 heteroatoms. The van der Waals surface area contributed by atoms with Crippen molar-refractivity contribution in [3.63, 3.8) is 0 Å². The molecular weight excluding hydrogens is 342 g/mol. The lowest BCUT2D eigenvalue weighted by atomic mass is 10.2. The molecule has 1 aromatic heterocycles. The zero-order valence-corrected chi connectivity index (χ0v) is 13.0. The van der Waals surface area contributed by atoms with E-state index in [0.717, 1.165) is 11.0 Å². The number of nitrogens with one attached hydrogen (secondary N) is 2. The second kappa shape index (κ2) is 6.55. The molecular formula is C13H11BrClN5. The standard InChI is InChI=1S/C13H11BrClN5/c1-2-17-13-18-7-9(14)12(20-13)19-11-4-3-8(6-16)5-10(11)15/h3-5,7H,2H2,1H3,(H2,17,18,19,20). The second-order valence-corrected chi connectivity index (χ2v) is 5.11. The van der Waals surface area contributed by atoms with E-state index in [0.29, 0.717) is 28.0 Å². The predicted octanol–water partition coefficient (Wildman–Crippen LogP) is 3.94. The summed E-state index contributed by atoms with van der Waals surface area (Å²) in [5.74, 6) is 1.13. The minimum Gasteiger partial charge on any atom is -0.354 e. The van der Waals surface area contributed by atoms with Crippen molar-refractivity contribution in [2.24, 2.45) is 0 Å². The van der Waals surface area contributed by atoms with Crippen LogP contribution in [0.25, 0.3) is 0 Å². The fraction of sp³-hybridized carbons (Fsp3) is 0.154. The smallest absolute Gasteiger partial charge is 0.224 e. The number of nitrogens with zero attached hydrogens (tertiary/aromatic N) is 3. The van der Waals surface area contributed by atoms with E-state index in [-0.39, 0.29) is 0 Å². The third-order valence-corrected chi connectivity index (χ3v) is 3.32. The normalized spacial score (nSPS) is 9.90. The lowest BCUT2D eigenvalue weighted by Gasteiger charge is -2.10. The molecule has 0 atom stereocenters. The van der Waals surface area contributed by atoms with Crippen molar-refractivity contribution >= 4 is 45.0 Å². The SMILES string of the molecule is CCNc1ncc(Br)c(Nc2ccc(C#N)cc2Cl)n1. The number of anilines is 3. The van der Waals surface area contributed by atoms with Gasteiger partial charge in [-0.2, -0.15) is 10.2 Å². The van der Waals surface area contributed by atoms with Gasteiger partial charge in [0.2, 0.25) is 5.95 Å². The lowest BCUT2D eigenvalue weighted by Crippen LogP contribution is -2.04. The van der Waals surface area contributed by atoms with Crippen molar-refractivity contribution in [3.8, 4) is 6.07 Å². The van der Waals surface area contributed by atoms with Gasteiger partial charge in [-0.25, -0.2) is 4.98 Å². The van der Waals surface area contributed by atoms with Gasteiger partial charge in [0.25, 0.3) is 0 Å². The molecule has 0 bridgehead atoms. The Morgan fingerprint density at radius 1 is 1.45 bits per heavy atom. The molecule has 0 aliphatic heterocycles. The highest BCUT2D eigenvalue weighted by atomic mass is 79.9. The molecule has 0 aliphatic rings. The van der Waals surface area contributed by atoms with Gasteiger partial charge in [0, 0.05) is 12.7 Å². The van der Waals surface area contributed by atoms with Gasteiger partial charge in [-0.1, -0.05) is 11.6 Å². The summed E-state index contributed by atoms with van der Waals surface area (Å²) in [4.78, 5) is 8.47. The van der Waals surface area contributed by atoms with Crippen LogP contribution in [0.15, 0.2) is 28.9 Å². The number of benzene rings is 1. The summed E-state index contributed by atoms with van der Waals surface area (Å²) in [5, 5.41) is 15.4. The number of rotatable bonds is 4. The molecule has 1 aromatic carbocycles. The molecule has 102 valence electrons. The van der Waals surface area contributed by atoms with Crippen LogP contribution in [0.2, 0.25) is 5.02 Å². The van der Waals surface area contributed by atoms with Gasteiger partial charge in [-0.3, -0.25) is 0 Å². The van der Waals surface area contributed by atoms with Crippen LogP contribution in [0.3, 0.4) is 0 Å². The zero-order chi connectivity index (χ0) is 14.5. The first-order chi connectivity index (χ1) is 9.63. The molecule has 0 spiro atoms. The monoisotopic (exact) mass is 351 g/mol. The summed E-state index contributed by atoms with van der Waals surface area (Å²) in [6.07, 6.45) is 1.66. The molecule has 5 nitrogen and oxygen atoms in total. The van der Waals surface area contributed by atoms with Crippen LogP contribution < -0.4 is 10.6 Å². The van der Waals surface area contributed by atoms with Crippen LogP contribution in [0.1, 0.15) is 12.5 Å². The molecule has 20 heavy (non-hydrogen) atoms. The zero-order valence-electron chi connectivity index (χ0n) is 10.6. The third kappa shape index (κ3) is 3.38. The molecule has 0 unspecified atom stereocenters. The Balaban J connectivity index is 2.30. The first kappa shape index (κ1) is 14.6. The lowest BCUT2D eigenvalue weighted by molar-refractivity contribution is 1.08. The summed E-state index contributed by atoms with van der Waals surface area (Å²) >= 11 is 9.50. The average Bonchev–Trinajstić information content (AvgIpc) is 2.44. The fourth-order valence-corrected chi connectivity index (χ4v) is 2.03. The summed E-state index contributed by atoms with van der Waals surface area (Å²) in [7, 11) is 0. The Bertz CT molecular complexity index is 668. The van der Waals surface area contributed by atoms with Gasteiger partial charge >= 0.3 is 0 Å². The summed E-state index contributed by atoms with van der Waals surface area (Å²) in [6.45, 7) is 2.70. The fourth-order valence-electron chi connectivity index (χ4n) is 1.51. The number of hydrogen-bond acceptors (Lipinski definition) is 5. The van der Waals surface area contributed by atoms with Gasteiger partial charge in [0.1, 0.15) is 5.82 Å². The summed E-state index contributed by atoms with van der Waals surface area (Å²) < 4.78 is 0.722. The quantitative estimate of drug-likeness (QED) is 0.872. The minimum atomic E-state index is 0.458. The predicted molar refractivity (Wildman–Crippen MR) is 83.3 cm³/mol. The number of aromatic nitrogens is 2. The Labute approximate surface area is 130 Å². The first-order valence-electron chi connectivity index (χ1n) is 5.87. The summed E-state index contributed by atoms with van der Waals surface area (Å²) in [5.41, 5.74) is 1.18. The molecule has 0 saturated carbocycles. The van der Waals surface area contributed by atoms with E-state index in [4.69, 9.17) is 16.9 Å². The van der Waals surface area contributed by atoms with Crippen LogP contribution in [-0.4, -0.2) is 16.5 Å². The number of halogens is 2. The largest absolute Gasteiger partial charge is 0.354 e. The highest BCUT2D eigenvalue weighted by Gasteiger charge is 2.08. The third-order valence-electron chi connectivity index (χ3n) is 2.43. The average molecular weight is 353 g/mol. The van der Waals surface area contributed by atoms with Crippen molar-refractivity contribution in [2.45, 2.75) is 6.92 Å². The molecule has 0 saturated heterocycles. The summed E-state index contributed by atoms with van der Waals surface area (Å²) in [6, 6.07) is 7.07. The Morgan fingerprint density at radius 2 is 2.25 bits per heavy atom. The Hall–Kier alpha value is -1.84. The van der Waals surface area contributed by atoms with E-state index < -0.39 is 0 Å². The van der Waals surface area contributed by atoms with Gasteiger partial charge < -0.3 is 10.6 Å². The molecule has 2 aromatic rings. The van der Waals surface area contributed by atoms with Crippen molar-refractivity contribution in [3.05, 3.63) is 39.5 Å². The highest BCUT2D eigenvalue weighted by molar-refractivity contribution is 9.10. The van der Waals surface area contributed by atoms with Crippen LogP contribution >= 0.6 is 27.5 Å². The molecule has 0 aliphatic carbocycles. The van der Waals surface area contributed by atoms with Gasteiger partial charge in [-0.15, -0.1) is 0 Å². The van der Waals surface area contributed by atoms with Crippen LogP contribution in [0, 0.1) is 11.3 Å². The van der Waals surface area contributed by atoms with Crippen LogP contribution in [0.4, 0.5) is 17.5 Å². The van der Waals surface area contributed by atoms with Crippen molar-refractivity contribution in [1.29, 1.82) is 5.26 Å². The molecule has 1 heterocycles. The maximum atomic E-state index is 8.82. The van der Waals surface area contributed by atoms with E-state index in [9.17, 15) is 0 Å². The van der Waals surface area contributed by atoms with Gasteiger partial charge in [0.05, 0.1) is 26.8 Å². The molecule has 2 rings (SSSR count). The van der Waals surface area contributed by atoms with Crippen molar-refractivity contribution in [2.75, 3.05) is 17.2 Å². The van der Waals surface area contributed by atoms with E-state index in [1.807, 2.05) is 13.0 Å². The maximum absolute atomic E-state index is 8.82. The van der Waals surface area contributed by atoms with Gasteiger partial charge in [0.15, 0.2) is 0 Å². The molecule has 2 N–H and O–H groups in total. The van der Waals surface area contributed by atoms with Crippen molar-refractivity contribution < 1.29 is 0 Å². The highest BCUT2D eigenvalue weighted by Crippen LogP contribution is 2.29. The van der Waals surface area contributed by atoms with E-state index in [2.05, 4.69) is 36.5 Å². The van der Waals surface area contributed by atoms with E-state index in [1.54, 1.807) is 24.4 Å². The number of hydrogen-bond donors (Lipinski definition) is 2. The molecule has 0 amide bonds. The van der Waals surface area contributed by atoms with Crippen molar-refractivity contribution in [1.82, 2.24) is 9.97 Å². The maximum Gasteiger partial charge on any atom is 0.224 e. The topological polar surface area (TPSA) is 73.6 Å². The number of nitriles is 1. The Morgan fingerprint density at radius 3 is 2.90 bits per heavy atom. The minimum absolute atomic E-state index is 0.458. The molecule has 0 radical (unpaired) electrons. The Kier molecular flexibility index (Phi) is 4.77. The van der Waals surface area contributed by atoms with E-state index in [1.165, 1.54) is 0 Å². The second-order valence-electron chi connectivity index (χ2n) is 3.85. The first-order valence-corrected chi connectivity index (χ1v) is 7.04.